The summed E-state index contributed by atoms with van der Waals surface area (Å²) in [6.45, 7) is 37.8. The molecule has 718 valence electrons. The van der Waals surface area contributed by atoms with Gasteiger partial charge in [0.25, 0.3) is 0 Å². The number of fused-ring (bicyclic) bond motifs is 20. The molecule has 16 fully saturated rings. The number of hydrogen-bond donors (Lipinski definition) is 1. The molecule has 41 atom stereocenters. The number of carbonyl (C=O) groups excluding carboxylic acids is 9. The average Bonchev–Trinajstić information content (AvgIpc) is 1.44. The number of hydrogen-bond acceptors (Lipinski definition) is 19. The van der Waals surface area contributed by atoms with Crippen molar-refractivity contribution in [2.45, 2.75) is 430 Å². The number of carboxylic acid groups (broad SMARTS) is 1. The van der Waals surface area contributed by atoms with Crippen molar-refractivity contribution in [3.8, 4) is 0 Å². The second kappa shape index (κ2) is 36.7. The van der Waals surface area contributed by atoms with E-state index in [9.17, 15) is 43.5 Å². The molecule has 0 aromatic heterocycles. The monoisotopic (exact) mass is 1780 g/mol. The van der Waals surface area contributed by atoms with Gasteiger partial charge in [-0.25, -0.2) is 0 Å². The Labute approximate surface area is 766 Å². The number of carboxylic acids is 1. The van der Waals surface area contributed by atoms with Crippen LogP contribution in [0.25, 0.3) is 0 Å². The van der Waals surface area contributed by atoms with Gasteiger partial charge in [0.1, 0.15) is 54.9 Å². The SMILES string of the molecule is CC(=O)O[C@@H]1CC[C@@]2(C)[C@H](CC[C@@H]3[C@@H]2C[C@H](OC(C)=O)[C@]2(C)[C@@H]([C@H](C)CCC(=O)O[C@@H]4CC[C@@]5(C)[C@@H](C4)C[C@@H](OC(=O)CC[C@@H](C)[C@H]4CC[C@H]6[C@@H]7CC[C@@H]8C[C@H](OC(C)=O)CC[C@]8(C)[C@H]7C[C@H](OC(C)=O)[C@]46C)[C@@H]4[C@@H]5C[C@H](OC(=O)CC[C@@H](C)[C@H]5CC[C@H]6[C@@H]7CC[C@@H]8C[C@H](OC(C)=O)CC[C@]8(C)[C@H]7C[C@H](OC(C)=O)[C@]56C)[C@]5(C)[C@@H]([C@H](C)CCC(=O)O)CC[C@@H]45)CC[C@@H]32)C1. The van der Waals surface area contributed by atoms with Gasteiger partial charge in [0.05, 0.1) is 0 Å². The first kappa shape index (κ1) is 95.8. The first-order chi connectivity index (χ1) is 60.5. The maximum Gasteiger partial charge on any atom is 0.306 e. The molecule has 0 aromatic carbocycles. The van der Waals surface area contributed by atoms with Crippen molar-refractivity contribution >= 4 is 59.7 Å². The van der Waals surface area contributed by atoms with Crippen LogP contribution in [0.5, 0.6) is 0 Å². The fourth-order valence-corrected chi connectivity index (χ4v) is 37.9. The molecule has 20 nitrogen and oxygen atoms in total. The predicted octanol–water partition coefficient (Wildman–Crippen LogP) is 21.7. The summed E-state index contributed by atoms with van der Waals surface area (Å²) in [6.07, 6.45) is 29.3. The summed E-state index contributed by atoms with van der Waals surface area (Å²) in [4.78, 5) is 135. The normalized spacial score (nSPS) is 47.3. The van der Waals surface area contributed by atoms with Crippen molar-refractivity contribution in [2.24, 2.45) is 185 Å². The average molecular weight is 1780 g/mol. The number of rotatable bonds is 25. The van der Waals surface area contributed by atoms with Crippen LogP contribution in [0.2, 0.25) is 0 Å². The molecule has 0 aliphatic heterocycles. The molecule has 16 saturated carbocycles. The van der Waals surface area contributed by atoms with E-state index in [-0.39, 0.29) is 231 Å². The molecule has 128 heavy (non-hydrogen) atoms. The molecular weight excluding hydrogens is 1620 g/mol. The quantitative estimate of drug-likeness (QED) is 0.0657. The summed E-state index contributed by atoms with van der Waals surface area (Å²) in [5, 5.41) is 10.3. The zero-order valence-corrected chi connectivity index (χ0v) is 81.8. The van der Waals surface area contributed by atoms with Crippen LogP contribution in [0.4, 0.5) is 0 Å². The lowest BCUT2D eigenvalue weighted by Crippen LogP contribution is -2.63. The van der Waals surface area contributed by atoms with E-state index in [2.05, 4.69) is 83.1 Å². The van der Waals surface area contributed by atoms with Crippen LogP contribution >= 0.6 is 0 Å². The molecule has 20 heteroatoms. The number of carbonyl (C=O) groups is 10. The molecular formula is C108H166O20. The van der Waals surface area contributed by atoms with Gasteiger partial charge in [-0.2, -0.15) is 0 Å². The fourth-order valence-electron chi connectivity index (χ4n) is 37.9. The first-order valence-corrected chi connectivity index (χ1v) is 52.3. The molecule has 0 unspecified atom stereocenters. The molecule has 0 heterocycles. The van der Waals surface area contributed by atoms with Crippen LogP contribution in [0.3, 0.4) is 0 Å². The summed E-state index contributed by atoms with van der Waals surface area (Å²) in [5.74, 6) is 3.19. The second-order valence-corrected chi connectivity index (χ2v) is 49.0. The van der Waals surface area contributed by atoms with Crippen molar-refractivity contribution in [2.75, 3.05) is 0 Å². The van der Waals surface area contributed by atoms with E-state index in [4.69, 9.17) is 42.6 Å². The highest BCUT2D eigenvalue weighted by molar-refractivity contribution is 5.72. The largest absolute Gasteiger partial charge is 0.481 e. The molecule has 0 spiro atoms. The van der Waals surface area contributed by atoms with Crippen molar-refractivity contribution in [3.05, 3.63) is 0 Å². The summed E-state index contributed by atoms with van der Waals surface area (Å²) < 4.78 is 58.7. The van der Waals surface area contributed by atoms with E-state index in [0.717, 1.165) is 173 Å². The molecule has 16 aliphatic rings. The Morgan fingerprint density at radius 2 is 0.547 bits per heavy atom. The highest BCUT2D eigenvalue weighted by atomic mass is 16.6. The van der Waals surface area contributed by atoms with Gasteiger partial charge in [0, 0.05) is 94.8 Å². The lowest BCUT2D eigenvalue weighted by molar-refractivity contribution is -0.226. The molecule has 16 aliphatic carbocycles. The summed E-state index contributed by atoms with van der Waals surface area (Å²) >= 11 is 0. The Kier molecular flexibility index (Phi) is 27.5. The van der Waals surface area contributed by atoms with Gasteiger partial charge >= 0.3 is 59.7 Å². The van der Waals surface area contributed by atoms with Crippen molar-refractivity contribution in [1.82, 2.24) is 0 Å². The Morgan fingerprint density at radius 3 is 0.883 bits per heavy atom. The van der Waals surface area contributed by atoms with E-state index in [0.29, 0.717) is 122 Å². The third kappa shape index (κ3) is 17.1. The third-order valence-corrected chi connectivity index (χ3v) is 43.8. The van der Waals surface area contributed by atoms with Gasteiger partial charge in [-0.15, -0.1) is 0 Å². The molecule has 0 aromatic rings. The maximum absolute atomic E-state index is 15.6. The van der Waals surface area contributed by atoms with E-state index in [1.54, 1.807) is 20.8 Å². The number of ether oxygens (including phenoxy) is 9. The van der Waals surface area contributed by atoms with Gasteiger partial charge in [-0.05, 0) is 383 Å². The molecule has 0 bridgehead atoms. The zero-order valence-electron chi connectivity index (χ0n) is 81.8. The van der Waals surface area contributed by atoms with E-state index in [1.165, 1.54) is 20.8 Å². The first-order valence-electron chi connectivity index (χ1n) is 52.3. The van der Waals surface area contributed by atoms with Crippen LogP contribution in [0.1, 0.15) is 375 Å². The van der Waals surface area contributed by atoms with Crippen LogP contribution in [-0.2, 0) is 90.6 Å². The smallest absolute Gasteiger partial charge is 0.306 e. The summed E-state index contributed by atoms with van der Waals surface area (Å²) in [5.41, 5.74) is -1.55. The Morgan fingerprint density at radius 1 is 0.273 bits per heavy atom. The van der Waals surface area contributed by atoms with Crippen LogP contribution in [0, 0.1) is 185 Å². The van der Waals surface area contributed by atoms with Crippen LogP contribution in [0.15, 0.2) is 0 Å². The van der Waals surface area contributed by atoms with Gasteiger partial charge in [-0.3, -0.25) is 47.9 Å². The van der Waals surface area contributed by atoms with E-state index < -0.39 is 23.6 Å². The highest BCUT2D eigenvalue weighted by Crippen LogP contribution is 2.75. The highest BCUT2D eigenvalue weighted by Gasteiger charge is 2.72. The Hall–Kier alpha value is -5.30. The molecule has 16 rings (SSSR count). The molecule has 0 radical (unpaired) electrons. The minimum atomic E-state index is -0.833. The van der Waals surface area contributed by atoms with E-state index in [1.807, 2.05) is 0 Å². The van der Waals surface area contributed by atoms with Gasteiger partial charge in [0.2, 0.25) is 0 Å². The van der Waals surface area contributed by atoms with Crippen LogP contribution in [-0.4, -0.2) is 120 Å². The topological polar surface area (TPSA) is 274 Å². The fraction of sp³-hybridized carbons (Fsp3) is 0.907. The van der Waals surface area contributed by atoms with E-state index >= 15 is 9.59 Å². The minimum absolute atomic E-state index is 0.00213. The second-order valence-electron chi connectivity index (χ2n) is 49.0. The Bertz CT molecular complexity index is 4120. The third-order valence-electron chi connectivity index (χ3n) is 43.8. The predicted molar refractivity (Wildman–Crippen MR) is 482 cm³/mol. The van der Waals surface area contributed by atoms with Gasteiger partial charge in [0.15, 0.2) is 0 Å². The van der Waals surface area contributed by atoms with Crippen molar-refractivity contribution in [1.29, 1.82) is 0 Å². The lowest BCUT2D eigenvalue weighted by Gasteiger charge is -2.64. The van der Waals surface area contributed by atoms with Gasteiger partial charge < -0.3 is 47.7 Å². The molecule has 0 amide bonds. The van der Waals surface area contributed by atoms with Crippen molar-refractivity contribution < 1.29 is 95.7 Å². The minimum Gasteiger partial charge on any atom is -0.481 e. The van der Waals surface area contributed by atoms with Crippen molar-refractivity contribution in [3.63, 3.8) is 0 Å². The van der Waals surface area contributed by atoms with Gasteiger partial charge in [-0.1, -0.05) is 83.1 Å². The Balaban J connectivity index is 0.636. The summed E-state index contributed by atoms with van der Waals surface area (Å²) in [7, 11) is 0. The number of aliphatic carboxylic acids is 1. The lowest BCUT2D eigenvalue weighted by atomic mass is 9.43. The molecule has 1 N–H and O–H groups in total. The van der Waals surface area contributed by atoms with Crippen LogP contribution < -0.4 is 0 Å². The maximum atomic E-state index is 15.6. The molecule has 0 saturated heterocycles. The summed E-state index contributed by atoms with van der Waals surface area (Å²) in [6, 6.07) is 0. The zero-order chi connectivity index (χ0) is 91.8. The standard InChI is InChI=1S/C108H166O20/c1-58(19-37-96(115)116)82-32-36-86-100-90(57-95(108(82,86)18)128-99(119)40-22-61(4)81-31-35-85-78-28-25-70-51-74(122-64(7)111)43-47-103(70,13)89(78)56-94(107(81,85)17)125-67(10)114)104(14)48-44-75(126-97(117)38-20-59(2)79-29-33-83-76-26-23-68-49-72(120-62(5)109)41-45-101(68,11)87(76)54-92(105(79,83)15)123-65(8)112)52-71(104)53-91(100)127-98(118)39-21-60(3)80-30-34-84-77-27-24-69-50-73(121-63(6)110)42-46-102(69,12)88(77)55-93(106(80,84)16)124-66(9)113/h58-61,68-95,100H,19-57H2,1-18H3,(H,115,116)/t58-,59-,60-,61-,68-,69-,70-,71+,72-,73-,74-,75-,76+,77+,78+,79-,80-,81-,82-,83+,84+,85+,86+,87+,88+,89+,90+,91-,92+,93+,94+,95+,100+,101+,102+,103+,104+,105-,106-,107-,108-/m1/s1. The number of esters is 9.